The van der Waals surface area contributed by atoms with E-state index in [9.17, 15) is 18.8 Å². The lowest BCUT2D eigenvalue weighted by molar-refractivity contribution is 0.0515. The van der Waals surface area contributed by atoms with Gasteiger partial charge in [0.25, 0.3) is 11.8 Å². The summed E-state index contributed by atoms with van der Waals surface area (Å²) in [5, 5.41) is 3.56. The molecule has 0 aliphatic carbocycles. The van der Waals surface area contributed by atoms with Crippen molar-refractivity contribution >= 4 is 29.3 Å². The van der Waals surface area contributed by atoms with Crippen LogP contribution in [0.25, 0.3) is 0 Å². The number of hydrogen-bond acceptors (Lipinski definition) is 5. The maximum absolute atomic E-state index is 13.0. The first kappa shape index (κ1) is 19.0. The molecule has 1 heterocycles. The van der Waals surface area contributed by atoms with Crippen LogP contribution in [0.2, 0.25) is 0 Å². The molecular weight excluding hydrogens is 389 g/mol. The fraction of sp³-hybridized carbons (Fsp3) is 0. The van der Waals surface area contributed by atoms with Crippen molar-refractivity contribution in [2.45, 2.75) is 0 Å². The summed E-state index contributed by atoms with van der Waals surface area (Å²) in [5.74, 6) is -2.33. The Kier molecular flexibility index (Phi) is 4.81. The van der Waals surface area contributed by atoms with E-state index in [1.54, 1.807) is 24.3 Å². The standard InChI is InChI=1S/C22H14FN3O4/c23-15-10-8-13(9-11-15)19(24)25-30-22(29)14-4-3-5-16(12-14)26-20(27)17-6-1-2-7-18(17)21(26)28/h1-12H,(H2,24,25). The number of carbonyl (C=O) groups excluding carboxylic acids is 3. The van der Waals surface area contributed by atoms with Crippen molar-refractivity contribution in [3.05, 3.63) is 101 Å². The van der Waals surface area contributed by atoms with E-state index in [1.165, 1.54) is 48.5 Å². The van der Waals surface area contributed by atoms with Gasteiger partial charge in [-0.2, -0.15) is 0 Å². The molecule has 0 atom stereocenters. The van der Waals surface area contributed by atoms with Gasteiger partial charge in [0.2, 0.25) is 0 Å². The normalized spacial score (nSPS) is 13.4. The summed E-state index contributed by atoms with van der Waals surface area (Å²) < 4.78 is 13.0. The molecule has 30 heavy (non-hydrogen) atoms. The minimum atomic E-state index is -0.835. The Labute approximate surface area is 170 Å². The van der Waals surface area contributed by atoms with Crippen molar-refractivity contribution in [2.75, 3.05) is 4.90 Å². The number of imide groups is 1. The highest BCUT2D eigenvalue weighted by atomic mass is 19.1. The predicted octanol–water partition coefficient (Wildman–Crippen LogP) is 3.10. The summed E-state index contributed by atoms with van der Waals surface area (Å²) >= 11 is 0. The molecule has 0 unspecified atom stereocenters. The zero-order valence-electron chi connectivity index (χ0n) is 15.4. The first-order valence-corrected chi connectivity index (χ1v) is 8.84. The van der Waals surface area contributed by atoms with Gasteiger partial charge >= 0.3 is 5.97 Å². The van der Waals surface area contributed by atoms with Crippen LogP contribution in [0.1, 0.15) is 36.6 Å². The van der Waals surface area contributed by atoms with Crippen molar-refractivity contribution in [1.29, 1.82) is 0 Å². The van der Waals surface area contributed by atoms with Gasteiger partial charge in [-0.05, 0) is 54.6 Å². The molecule has 2 N–H and O–H groups in total. The van der Waals surface area contributed by atoms with Gasteiger partial charge in [-0.15, -0.1) is 0 Å². The zero-order valence-corrected chi connectivity index (χ0v) is 15.4. The van der Waals surface area contributed by atoms with E-state index in [1.807, 2.05) is 0 Å². The molecule has 0 fully saturated rings. The molecule has 0 saturated carbocycles. The molecule has 4 rings (SSSR count). The summed E-state index contributed by atoms with van der Waals surface area (Å²) in [5.41, 5.74) is 7.01. The number of hydrogen-bond donors (Lipinski definition) is 1. The minimum Gasteiger partial charge on any atom is -0.380 e. The van der Waals surface area contributed by atoms with Crippen LogP contribution in [0.4, 0.5) is 10.1 Å². The number of carbonyl (C=O) groups is 3. The van der Waals surface area contributed by atoms with Crippen LogP contribution in [0.5, 0.6) is 0 Å². The predicted molar refractivity (Wildman–Crippen MR) is 107 cm³/mol. The third-order valence-corrected chi connectivity index (χ3v) is 4.50. The fourth-order valence-corrected chi connectivity index (χ4v) is 3.01. The van der Waals surface area contributed by atoms with E-state index in [-0.39, 0.29) is 17.1 Å². The van der Waals surface area contributed by atoms with Crippen molar-refractivity contribution in [2.24, 2.45) is 10.9 Å². The SMILES string of the molecule is N/C(=N\OC(=O)c1cccc(N2C(=O)c3ccccc3C2=O)c1)c1ccc(F)cc1. The third-order valence-electron chi connectivity index (χ3n) is 4.50. The van der Waals surface area contributed by atoms with E-state index < -0.39 is 23.6 Å². The number of anilines is 1. The quantitative estimate of drug-likeness (QED) is 0.237. The van der Waals surface area contributed by atoms with Crippen LogP contribution < -0.4 is 10.6 Å². The van der Waals surface area contributed by atoms with Gasteiger partial charge in [-0.1, -0.05) is 23.4 Å². The lowest BCUT2D eigenvalue weighted by atomic mass is 10.1. The number of nitrogens with two attached hydrogens (primary N) is 1. The number of amides is 2. The highest BCUT2D eigenvalue weighted by Crippen LogP contribution is 2.28. The Bertz CT molecular complexity index is 1170. The summed E-state index contributed by atoms with van der Waals surface area (Å²) in [6, 6.07) is 17.5. The van der Waals surface area contributed by atoms with Crippen LogP contribution in [-0.4, -0.2) is 23.6 Å². The van der Waals surface area contributed by atoms with E-state index in [2.05, 4.69) is 5.16 Å². The number of fused-ring (bicyclic) bond motifs is 1. The molecule has 2 amide bonds. The lowest BCUT2D eigenvalue weighted by Gasteiger charge is -2.14. The molecule has 1 aliphatic heterocycles. The smallest absolute Gasteiger partial charge is 0.365 e. The molecule has 3 aromatic rings. The van der Waals surface area contributed by atoms with Gasteiger partial charge in [0, 0.05) is 5.56 Å². The van der Waals surface area contributed by atoms with Gasteiger partial charge in [-0.25, -0.2) is 14.1 Å². The van der Waals surface area contributed by atoms with Crippen molar-refractivity contribution in [3.8, 4) is 0 Å². The summed E-state index contributed by atoms with van der Waals surface area (Å²) in [7, 11) is 0. The molecule has 0 saturated heterocycles. The molecule has 1 aliphatic rings. The maximum atomic E-state index is 13.0. The molecule has 7 nitrogen and oxygen atoms in total. The molecule has 0 spiro atoms. The number of rotatable bonds is 4. The van der Waals surface area contributed by atoms with E-state index in [4.69, 9.17) is 10.6 Å². The topological polar surface area (TPSA) is 102 Å². The van der Waals surface area contributed by atoms with Crippen LogP contribution in [0.3, 0.4) is 0 Å². The van der Waals surface area contributed by atoms with Crippen LogP contribution >= 0.6 is 0 Å². The average Bonchev–Trinajstić information content (AvgIpc) is 3.03. The van der Waals surface area contributed by atoms with Crippen molar-refractivity contribution in [1.82, 2.24) is 0 Å². The fourth-order valence-electron chi connectivity index (χ4n) is 3.01. The Balaban J connectivity index is 1.54. The monoisotopic (exact) mass is 403 g/mol. The highest BCUT2D eigenvalue weighted by Gasteiger charge is 2.36. The molecule has 0 aromatic heterocycles. The van der Waals surface area contributed by atoms with Gasteiger partial charge in [0.1, 0.15) is 5.82 Å². The lowest BCUT2D eigenvalue weighted by Crippen LogP contribution is -2.29. The molecular formula is C22H14FN3O4. The molecule has 0 bridgehead atoms. The van der Waals surface area contributed by atoms with Gasteiger partial charge in [0.05, 0.1) is 22.4 Å². The largest absolute Gasteiger partial charge is 0.380 e. The van der Waals surface area contributed by atoms with Crippen LogP contribution in [0.15, 0.2) is 78.0 Å². The molecule has 3 aromatic carbocycles. The second-order valence-electron chi connectivity index (χ2n) is 6.40. The first-order valence-electron chi connectivity index (χ1n) is 8.84. The van der Waals surface area contributed by atoms with Crippen molar-refractivity contribution in [3.63, 3.8) is 0 Å². The molecule has 8 heteroatoms. The second-order valence-corrected chi connectivity index (χ2v) is 6.40. The van der Waals surface area contributed by atoms with E-state index in [0.29, 0.717) is 16.7 Å². The van der Waals surface area contributed by atoms with Gasteiger partial charge in [-0.3, -0.25) is 9.59 Å². The highest BCUT2D eigenvalue weighted by molar-refractivity contribution is 6.34. The summed E-state index contributed by atoms with van der Waals surface area (Å²) in [6.07, 6.45) is 0. The second kappa shape index (κ2) is 7.59. The Morgan fingerprint density at radius 2 is 1.50 bits per heavy atom. The Hall–Kier alpha value is -4.33. The molecule has 0 radical (unpaired) electrons. The zero-order chi connectivity index (χ0) is 21.3. The number of halogens is 1. The Morgan fingerprint density at radius 1 is 0.867 bits per heavy atom. The molecule has 148 valence electrons. The van der Waals surface area contributed by atoms with Gasteiger partial charge < -0.3 is 10.6 Å². The summed E-state index contributed by atoms with van der Waals surface area (Å²) in [6.45, 7) is 0. The average molecular weight is 403 g/mol. The maximum Gasteiger partial charge on any atom is 0.365 e. The summed E-state index contributed by atoms with van der Waals surface area (Å²) in [4.78, 5) is 43.4. The van der Waals surface area contributed by atoms with Crippen molar-refractivity contribution < 1.29 is 23.6 Å². The van der Waals surface area contributed by atoms with E-state index >= 15 is 0 Å². The number of benzene rings is 3. The number of oxime groups is 1. The minimum absolute atomic E-state index is 0.0692. The number of amidine groups is 1. The van der Waals surface area contributed by atoms with E-state index in [0.717, 1.165) is 4.90 Å². The van der Waals surface area contributed by atoms with Crippen LogP contribution in [0, 0.1) is 5.82 Å². The first-order chi connectivity index (χ1) is 14.5. The number of nitrogens with zero attached hydrogens (tertiary/aromatic N) is 2. The van der Waals surface area contributed by atoms with Crippen LogP contribution in [-0.2, 0) is 4.84 Å². The third kappa shape index (κ3) is 3.42. The Morgan fingerprint density at radius 3 is 2.13 bits per heavy atom. The van der Waals surface area contributed by atoms with Gasteiger partial charge in [0.15, 0.2) is 5.84 Å².